The number of piperidine rings is 1. The second-order valence-corrected chi connectivity index (χ2v) is 8.34. The van der Waals surface area contributed by atoms with Gasteiger partial charge in [-0.25, -0.2) is 4.79 Å². The molecule has 6 nitrogen and oxygen atoms in total. The molecule has 0 saturated carbocycles. The number of hydrogen-bond donors (Lipinski definition) is 1. The van der Waals surface area contributed by atoms with Crippen molar-refractivity contribution in [1.29, 1.82) is 0 Å². The third kappa shape index (κ3) is 7.50. The van der Waals surface area contributed by atoms with Crippen LogP contribution >= 0.6 is 0 Å². The maximum absolute atomic E-state index is 13.2. The van der Waals surface area contributed by atoms with Gasteiger partial charge in [-0.1, -0.05) is 30.3 Å². The molecule has 1 aliphatic heterocycles. The standard InChI is InChI=1S/C22H34N2O4/c1-5-27-16-18-12-9-13-24(15-18)20(25)19(14-17-10-7-6-8-11-17)23-21(26)28-22(2,3)4/h6-8,10-11,18-19H,5,9,12-16H2,1-4H3,(H,23,26). The van der Waals surface area contributed by atoms with E-state index in [0.717, 1.165) is 18.4 Å². The molecule has 1 heterocycles. The Morgan fingerprint density at radius 2 is 1.96 bits per heavy atom. The minimum absolute atomic E-state index is 0.0593. The Hall–Kier alpha value is -2.08. The first kappa shape index (κ1) is 22.2. The van der Waals surface area contributed by atoms with Crippen LogP contribution in [0.15, 0.2) is 30.3 Å². The van der Waals surface area contributed by atoms with E-state index in [1.165, 1.54) is 0 Å². The van der Waals surface area contributed by atoms with E-state index in [-0.39, 0.29) is 5.91 Å². The molecule has 2 atom stereocenters. The largest absolute Gasteiger partial charge is 0.444 e. The predicted molar refractivity (Wildman–Crippen MR) is 109 cm³/mol. The van der Waals surface area contributed by atoms with Gasteiger partial charge in [0.05, 0.1) is 6.61 Å². The van der Waals surface area contributed by atoms with Gasteiger partial charge in [-0.2, -0.15) is 0 Å². The minimum atomic E-state index is -0.650. The summed E-state index contributed by atoms with van der Waals surface area (Å²) in [5, 5.41) is 2.79. The summed E-state index contributed by atoms with van der Waals surface area (Å²) in [7, 11) is 0. The molecule has 0 bridgehead atoms. The van der Waals surface area contributed by atoms with Crippen LogP contribution < -0.4 is 5.32 Å². The minimum Gasteiger partial charge on any atom is -0.444 e. The number of ether oxygens (including phenoxy) is 2. The molecule has 1 aromatic carbocycles. The Balaban J connectivity index is 2.08. The van der Waals surface area contributed by atoms with Gasteiger partial charge < -0.3 is 19.7 Å². The first-order valence-corrected chi connectivity index (χ1v) is 10.2. The second kappa shape index (κ2) is 10.5. The Bertz CT molecular complexity index is 627. The molecular weight excluding hydrogens is 356 g/mol. The summed E-state index contributed by atoms with van der Waals surface area (Å²) in [6.45, 7) is 10.1. The lowest BCUT2D eigenvalue weighted by molar-refractivity contribution is -0.135. The third-order valence-corrected chi connectivity index (χ3v) is 4.66. The number of benzene rings is 1. The highest BCUT2D eigenvalue weighted by Crippen LogP contribution is 2.19. The van der Waals surface area contributed by atoms with E-state index < -0.39 is 17.7 Å². The molecule has 0 spiro atoms. The number of carbonyl (C=O) groups excluding carboxylic acids is 2. The quantitative estimate of drug-likeness (QED) is 0.775. The molecule has 2 unspecified atom stereocenters. The van der Waals surface area contributed by atoms with Crippen LogP contribution in [0.5, 0.6) is 0 Å². The molecule has 0 radical (unpaired) electrons. The molecule has 1 aromatic rings. The van der Waals surface area contributed by atoms with Crippen LogP contribution in [0, 0.1) is 5.92 Å². The number of nitrogens with zero attached hydrogens (tertiary/aromatic N) is 1. The Kier molecular flexibility index (Phi) is 8.30. The van der Waals surface area contributed by atoms with Crippen LogP contribution in [0.3, 0.4) is 0 Å². The monoisotopic (exact) mass is 390 g/mol. The van der Waals surface area contributed by atoms with E-state index >= 15 is 0 Å². The van der Waals surface area contributed by atoms with Crippen molar-refractivity contribution in [2.75, 3.05) is 26.3 Å². The summed E-state index contributed by atoms with van der Waals surface area (Å²) in [5.74, 6) is 0.285. The van der Waals surface area contributed by atoms with Gasteiger partial charge in [0, 0.05) is 26.1 Å². The molecule has 156 valence electrons. The Labute approximate surface area is 168 Å². The fourth-order valence-electron chi connectivity index (χ4n) is 3.41. The van der Waals surface area contributed by atoms with Gasteiger partial charge in [-0.15, -0.1) is 0 Å². The zero-order chi connectivity index (χ0) is 20.6. The van der Waals surface area contributed by atoms with E-state index in [4.69, 9.17) is 9.47 Å². The highest BCUT2D eigenvalue weighted by Gasteiger charge is 2.31. The SMILES string of the molecule is CCOCC1CCCN(C(=O)C(Cc2ccccc2)NC(=O)OC(C)(C)C)C1. The lowest BCUT2D eigenvalue weighted by Gasteiger charge is -2.35. The van der Waals surface area contributed by atoms with Gasteiger partial charge in [-0.3, -0.25) is 4.79 Å². The van der Waals surface area contributed by atoms with E-state index in [1.807, 2.05) is 62.9 Å². The van der Waals surface area contributed by atoms with Gasteiger partial charge in [0.2, 0.25) is 5.91 Å². The lowest BCUT2D eigenvalue weighted by atomic mass is 9.97. The van der Waals surface area contributed by atoms with Gasteiger partial charge in [0.1, 0.15) is 11.6 Å². The van der Waals surface area contributed by atoms with Gasteiger partial charge in [0.25, 0.3) is 0 Å². The highest BCUT2D eigenvalue weighted by molar-refractivity contribution is 5.86. The second-order valence-electron chi connectivity index (χ2n) is 8.34. The Morgan fingerprint density at radius 1 is 1.25 bits per heavy atom. The summed E-state index contributed by atoms with van der Waals surface area (Å²) < 4.78 is 10.9. The van der Waals surface area contributed by atoms with Crippen LogP contribution in [0.1, 0.15) is 46.1 Å². The van der Waals surface area contributed by atoms with Gasteiger partial charge >= 0.3 is 6.09 Å². The maximum Gasteiger partial charge on any atom is 0.408 e. The smallest absolute Gasteiger partial charge is 0.408 e. The van der Waals surface area contributed by atoms with Crippen molar-refractivity contribution in [3.63, 3.8) is 0 Å². The summed E-state index contributed by atoms with van der Waals surface area (Å²) >= 11 is 0. The summed E-state index contributed by atoms with van der Waals surface area (Å²) in [4.78, 5) is 27.4. The lowest BCUT2D eigenvalue weighted by Crippen LogP contribution is -2.53. The van der Waals surface area contributed by atoms with E-state index in [2.05, 4.69) is 5.32 Å². The summed E-state index contributed by atoms with van der Waals surface area (Å²) in [6.07, 6.45) is 1.89. The molecule has 1 N–H and O–H groups in total. The van der Waals surface area contributed by atoms with Crippen LogP contribution in [-0.2, 0) is 20.7 Å². The molecule has 0 aliphatic carbocycles. The molecule has 2 rings (SSSR count). The van der Waals surface area contributed by atoms with Crippen LogP contribution in [-0.4, -0.2) is 54.8 Å². The fraction of sp³-hybridized carbons (Fsp3) is 0.636. The van der Waals surface area contributed by atoms with Crippen molar-refractivity contribution >= 4 is 12.0 Å². The van der Waals surface area contributed by atoms with E-state index in [0.29, 0.717) is 38.6 Å². The number of alkyl carbamates (subject to hydrolysis) is 1. The molecule has 28 heavy (non-hydrogen) atoms. The number of nitrogens with one attached hydrogen (secondary N) is 1. The van der Waals surface area contributed by atoms with E-state index in [1.54, 1.807) is 0 Å². The third-order valence-electron chi connectivity index (χ3n) is 4.66. The van der Waals surface area contributed by atoms with Crippen LogP contribution in [0.2, 0.25) is 0 Å². The molecular formula is C22H34N2O4. The molecule has 0 aromatic heterocycles. The van der Waals surface area contributed by atoms with Crippen molar-refractivity contribution in [2.45, 2.75) is 58.6 Å². The van der Waals surface area contributed by atoms with Crippen LogP contribution in [0.4, 0.5) is 4.79 Å². The Morgan fingerprint density at radius 3 is 2.61 bits per heavy atom. The molecule has 1 saturated heterocycles. The number of amides is 2. The van der Waals surface area contributed by atoms with Gasteiger partial charge in [-0.05, 0) is 52.0 Å². The average Bonchev–Trinajstić information content (AvgIpc) is 2.65. The average molecular weight is 391 g/mol. The number of rotatable bonds is 7. The summed E-state index contributed by atoms with van der Waals surface area (Å²) in [6, 6.07) is 9.08. The van der Waals surface area contributed by atoms with Crippen molar-refractivity contribution in [1.82, 2.24) is 10.2 Å². The molecule has 6 heteroatoms. The predicted octanol–water partition coefficient (Wildman–Crippen LogP) is 3.40. The highest BCUT2D eigenvalue weighted by atomic mass is 16.6. The summed E-state index contributed by atoms with van der Waals surface area (Å²) in [5.41, 5.74) is 0.387. The maximum atomic E-state index is 13.2. The molecule has 2 amide bonds. The number of hydrogen-bond acceptors (Lipinski definition) is 4. The van der Waals surface area contributed by atoms with Crippen molar-refractivity contribution in [3.05, 3.63) is 35.9 Å². The molecule has 1 aliphatic rings. The zero-order valence-corrected chi connectivity index (χ0v) is 17.6. The van der Waals surface area contributed by atoms with E-state index in [9.17, 15) is 9.59 Å². The zero-order valence-electron chi connectivity index (χ0n) is 17.6. The van der Waals surface area contributed by atoms with Crippen molar-refractivity contribution in [2.24, 2.45) is 5.92 Å². The number of carbonyl (C=O) groups is 2. The van der Waals surface area contributed by atoms with Crippen molar-refractivity contribution in [3.8, 4) is 0 Å². The topological polar surface area (TPSA) is 67.9 Å². The first-order chi connectivity index (χ1) is 13.3. The van der Waals surface area contributed by atoms with Crippen molar-refractivity contribution < 1.29 is 19.1 Å². The fourth-order valence-corrected chi connectivity index (χ4v) is 3.41. The van der Waals surface area contributed by atoms with Crippen LogP contribution in [0.25, 0.3) is 0 Å². The normalized spacial score (nSPS) is 18.4. The van der Waals surface area contributed by atoms with Gasteiger partial charge in [0.15, 0.2) is 0 Å². The number of likely N-dealkylation sites (tertiary alicyclic amines) is 1. The molecule has 1 fully saturated rings. The first-order valence-electron chi connectivity index (χ1n) is 10.2.